The van der Waals surface area contributed by atoms with E-state index in [2.05, 4.69) is 65.4 Å². The highest BCUT2D eigenvalue weighted by atomic mass is 16.5. The Balaban J connectivity index is 1.45. The van der Waals surface area contributed by atoms with E-state index in [1.54, 1.807) is 4.57 Å². The molecule has 0 spiro atoms. The highest BCUT2D eigenvalue weighted by Gasteiger charge is 2.21. The van der Waals surface area contributed by atoms with Crippen LogP contribution in [-0.4, -0.2) is 28.5 Å². The topological polar surface area (TPSA) is 34.5 Å². The molecule has 1 aliphatic rings. The van der Waals surface area contributed by atoms with E-state index in [9.17, 15) is 4.79 Å². The number of fused-ring (bicyclic) bond motifs is 1. The third-order valence-corrected chi connectivity index (χ3v) is 6.60. The second-order valence-electron chi connectivity index (χ2n) is 9.18. The van der Waals surface area contributed by atoms with Crippen molar-refractivity contribution >= 4 is 22.4 Å². The van der Waals surface area contributed by atoms with Crippen LogP contribution < -0.4 is 4.74 Å². The number of rotatable bonds is 8. The van der Waals surface area contributed by atoms with Gasteiger partial charge in [-0.1, -0.05) is 66.7 Å². The van der Waals surface area contributed by atoms with Crippen molar-refractivity contribution in [1.82, 2.24) is 9.47 Å². The molecule has 0 fully saturated rings. The minimum atomic E-state index is 0.0136. The maximum absolute atomic E-state index is 13.0. The van der Waals surface area contributed by atoms with Gasteiger partial charge in [0.15, 0.2) is 0 Å². The van der Waals surface area contributed by atoms with Gasteiger partial charge in [0.2, 0.25) is 5.91 Å². The molecule has 1 aromatic heterocycles. The molecule has 36 heavy (non-hydrogen) atoms. The molecule has 5 rings (SSSR count). The average Bonchev–Trinajstić information content (AvgIpc) is 3.31. The Morgan fingerprint density at radius 2 is 1.72 bits per heavy atom. The Bertz CT molecular complexity index is 1410. The van der Waals surface area contributed by atoms with E-state index >= 15 is 0 Å². The van der Waals surface area contributed by atoms with Gasteiger partial charge in [-0.15, -0.1) is 12.3 Å². The summed E-state index contributed by atoms with van der Waals surface area (Å²) >= 11 is 0. The summed E-state index contributed by atoms with van der Waals surface area (Å²) in [7, 11) is 0. The summed E-state index contributed by atoms with van der Waals surface area (Å²) < 4.78 is 7.89. The number of hydrogen-bond acceptors (Lipinski definition) is 3. The SMILES string of the molecule is C#CCCC(=O)n1cc(C2=CCCN(Cc3ccccc3)C2)c2cc(OCc3ccccc3)ccc21. The third kappa shape index (κ3) is 5.43. The van der Waals surface area contributed by atoms with Crippen molar-refractivity contribution in [2.24, 2.45) is 0 Å². The Kier molecular flexibility index (Phi) is 7.30. The maximum Gasteiger partial charge on any atom is 0.232 e. The number of carbonyl (C=O) groups is 1. The molecule has 4 aromatic rings. The predicted octanol–water partition coefficient (Wildman–Crippen LogP) is 6.56. The lowest BCUT2D eigenvalue weighted by Gasteiger charge is -2.27. The molecule has 1 aliphatic heterocycles. The van der Waals surface area contributed by atoms with Gasteiger partial charge in [0.1, 0.15) is 12.4 Å². The first-order chi connectivity index (χ1) is 17.7. The van der Waals surface area contributed by atoms with Crippen LogP contribution in [0.4, 0.5) is 0 Å². The third-order valence-electron chi connectivity index (χ3n) is 6.60. The number of nitrogens with zero attached hydrogens (tertiary/aromatic N) is 2. The number of carbonyl (C=O) groups excluding carboxylic acids is 1. The monoisotopic (exact) mass is 474 g/mol. The lowest BCUT2D eigenvalue weighted by atomic mass is 10.00. The van der Waals surface area contributed by atoms with Gasteiger partial charge in [0, 0.05) is 49.6 Å². The van der Waals surface area contributed by atoms with Crippen molar-refractivity contribution in [2.45, 2.75) is 32.4 Å². The summed E-state index contributed by atoms with van der Waals surface area (Å²) in [5.74, 6) is 3.39. The molecule has 4 heteroatoms. The molecule has 0 atom stereocenters. The first-order valence-corrected chi connectivity index (χ1v) is 12.5. The van der Waals surface area contributed by atoms with Crippen LogP contribution >= 0.6 is 0 Å². The minimum absolute atomic E-state index is 0.0136. The molecule has 0 saturated carbocycles. The number of ether oxygens (including phenoxy) is 1. The maximum atomic E-state index is 13.0. The van der Waals surface area contributed by atoms with Crippen LogP contribution in [0.1, 0.15) is 40.7 Å². The van der Waals surface area contributed by atoms with Crippen LogP contribution in [0.25, 0.3) is 16.5 Å². The Morgan fingerprint density at radius 3 is 2.47 bits per heavy atom. The van der Waals surface area contributed by atoms with Gasteiger partial charge in [-0.3, -0.25) is 14.3 Å². The van der Waals surface area contributed by atoms with E-state index in [1.807, 2.05) is 36.5 Å². The summed E-state index contributed by atoms with van der Waals surface area (Å²) in [6, 6.07) is 26.7. The number of hydrogen-bond donors (Lipinski definition) is 0. The first kappa shape index (κ1) is 23.7. The first-order valence-electron chi connectivity index (χ1n) is 12.5. The summed E-state index contributed by atoms with van der Waals surface area (Å²) in [6.07, 6.45) is 11.5. The summed E-state index contributed by atoms with van der Waals surface area (Å²) in [6.45, 7) is 3.26. The fourth-order valence-corrected chi connectivity index (χ4v) is 4.78. The Morgan fingerprint density at radius 1 is 0.972 bits per heavy atom. The molecule has 0 N–H and O–H groups in total. The van der Waals surface area contributed by atoms with Crippen LogP contribution in [-0.2, 0) is 13.2 Å². The van der Waals surface area contributed by atoms with Gasteiger partial charge in [0.25, 0.3) is 0 Å². The molecule has 2 heterocycles. The number of aromatic nitrogens is 1. The molecule has 0 amide bonds. The Hall–Kier alpha value is -4.07. The van der Waals surface area contributed by atoms with Crippen LogP contribution in [0.5, 0.6) is 5.75 Å². The quantitative estimate of drug-likeness (QED) is 0.271. The highest BCUT2D eigenvalue weighted by molar-refractivity contribution is 6.00. The van der Waals surface area contributed by atoms with Gasteiger partial charge in [-0.25, -0.2) is 0 Å². The zero-order chi connectivity index (χ0) is 24.7. The molecule has 0 unspecified atom stereocenters. The van der Waals surface area contributed by atoms with Crippen LogP contribution in [0.2, 0.25) is 0 Å². The van der Waals surface area contributed by atoms with Crippen molar-refractivity contribution in [2.75, 3.05) is 13.1 Å². The van der Waals surface area contributed by atoms with Gasteiger partial charge >= 0.3 is 0 Å². The standard InChI is InChI=1S/C32H30N2O2/c1-2-3-16-32(35)34-23-30(27-15-10-19-33(22-27)21-25-11-6-4-7-12-25)29-20-28(17-18-31(29)34)36-24-26-13-8-5-9-14-26/h1,4-9,11-15,17-18,20,23H,3,10,16,19,21-22,24H2. The second kappa shape index (κ2) is 11.1. The lowest BCUT2D eigenvalue weighted by Crippen LogP contribution is -2.29. The highest BCUT2D eigenvalue weighted by Crippen LogP contribution is 2.33. The molecule has 0 bridgehead atoms. The summed E-state index contributed by atoms with van der Waals surface area (Å²) in [5, 5.41) is 1.03. The zero-order valence-electron chi connectivity index (χ0n) is 20.4. The second-order valence-corrected chi connectivity index (χ2v) is 9.18. The van der Waals surface area contributed by atoms with Gasteiger partial charge in [0.05, 0.1) is 5.52 Å². The average molecular weight is 475 g/mol. The fraction of sp³-hybridized carbons (Fsp3) is 0.219. The van der Waals surface area contributed by atoms with Crippen molar-refractivity contribution in [3.8, 4) is 18.1 Å². The van der Waals surface area contributed by atoms with E-state index in [0.717, 1.165) is 53.8 Å². The Labute approximate surface area is 212 Å². The van der Waals surface area contributed by atoms with E-state index in [1.165, 1.54) is 11.1 Å². The summed E-state index contributed by atoms with van der Waals surface area (Å²) in [5.41, 5.74) is 5.64. The zero-order valence-corrected chi connectivity index (χ0v) is 20.4. The molecule has 3 aromatic carbocycles. The predicted molar refractivity (Wildman–Crippen MR) is 146 cm³/mol. The number of benzene rings is 3. The van der Waals surface area contributed by atoms with Crippen molar-refractivity contribution < 1.29 is 9.53 Å². The van der Waals surface area contributed by atoms with Gasteiger partial charge < -0.3 is 4.74 Å². The van der Waals surface area contributed by atoms with Crippen LogP contribution in [0.15, 0.2) is 91.1 Å². The van der Waals surface area contributed by atoms with Gasteiger partial charge in [-0.2, -0.15) is 0 Å². The molecule has 180 valence electrons. The van der Waals surface area contributed by atoms with Crippen molar-refractivity contribution in [1.29, 1.82) is 0 Å². The molecule has 0 aliphatic carbocycles. The molecular weight excluding hydrogens is 444 g/mol. The van der Waals surface area contributed by atoms with E-state index in [0.29, 0.717) is 19.4 Å². The fourth-order valence-electron chi connectivity index (χ4n) is 4.78. The lowest BCUT2D eigenvalue weighted by molar-refractivity contribution is 0.0910. The largest absolute Gasteiger partial charge is 0.489 e. The molecule has 0 saturated heterocycles. The van der Waals surface area contributed by atoms with Crippen LogP contribution in [0, 0.1) is 12.3 Å². The van der Waals surface area contributed by atoms with Crippen LogP contribution in [0.3, 0.4) is 0 Å². The van der Waals surface area contributed by atoms with E-state index in [-0.39, 0.29) is 5.91 Å². The van der Waals surface area contributed by atoms with Crippen molar-refractivity contribution in [3.63, 3.8) is 0 Å². The molecular formula is C32H30N2O2. The summed E-state index contributed by atoms with van der Waals surface area (Å²) in [4.78, 5) is 15.5. The minimum Gasteiger partial charge on any atom is -0.489 e. The van der Waals surface area contributed by atoms with Gasteiger partial charge in [-0.05, 0) is 41.3 Å². The molecule has 4 nitrogen and oxygen atoms in total. The molecule has 0 radical (unpaired) electrons. The van der Waals surface area contributed by atoms with E-state index in [4.69, 9.17) is 11.2 Å². The number of terminal acetylenes is 1. The van der Waals surface area contributed by atoms with Crippen molar-refractivity contribution in [3.05, 3.63) is 108 Å². The normalized spacial score (nSPS) is 13.8. The smallest absolute Gasteiger partial charge is 0.232 e. The van der Waals surface area contributed by atoms with E-state index < -0.39 is 0 Å².